The molecule has 0 fully saturated rings. The summed E-state index contributed by atoms with van der Waals surface area (Å²) in [6.07, 6.45) is 0. The Bertz CT molecular complexity index is 216. The summed E-state index contributed by atoms with van der Waals surface area (Å²) in [4.78, 5) is 0. The predicted molar refractivity (Wildman–Crippen MR) is 83.4 cm³/mol. The van der Waals surface area contributed by atoms with E-state index in [2.05, 4.69) is 64.2 Å². The van der Waals surface area contributed by atoms with Crippen LogP contribution in [0.3, 0.4) is 0 Å². The fourth-order valence-electron chi connectivity index (χ4n) is 2.08. The lowest BCUT2D eigenvalue weighted by molar-refractivity contribution is 0.265. The molecule has 0 aliphatic carbocycles. The van der Waals surface area contributed by atoms with Gasteiger partial charge in [-0.3, -0.25) is 4.57 Å². The highest BCUT2D eigenvalue weighted by atomic mass is 28.5. The number of rotatable bonds is 7. The van der Waals surface area contributed by atoms with Gasteiger partial charge in [0.25, 0.3) is 0 Å². The van der Waals surface area contributed by atoms with Crippen LogP contribution in [0.4, 0.5) is 0 Å². The second-order valence-electron chi connectivity index (χ2n) is 6.50. The van der Waals surface area contributed by atoms with Crippen LogP contribution in [0.15, 0.2) is 0 Å². The van der Waals surface area contributed by atoms with Gasteiger partial charge in [-0.05, 0) is 58.9 Å². The fraction of sp³-hybridized carbons (Fsp3) is 1.00. The van der Waals surface area contributed by atoms with Crippen molar-refractivity contribution in [1.82, 2.24) is 4.57 Å². The van der Waals surface area contributed by atoms with Gasteiger partial charge in [0.15, 0.2) is 16.6 Å². The maximum atomic E-state index is 6.46. The Balaban J connectivity index is 5.06. The van der Waals surface area contributed by atoms with Crippen LogP contribution >= 0.6 is 0 Å². The molecular weight excluding hydrogens is 262 g/mol. The van der Waals surface area contributed by atoms with Crippen LogP contribution in [0.25, 0.3) is 0 Å². The smallest absolute Gasteiger partial charge is 0.403 e. The molecule has 0 aromatic carbocycles. The van der Waals surface area contributed by atoms with Crippen molar-refractivity contribution in [2.24, 2.45) is 0 Å². The van der Waals surface area contributed by atoms with Gasteiger partial charge in [-0.15, -0.1) is 0 Å². The maximum absolute atomic E-state index is 6.46. The zero-order chi connectivity index (χ0) is 13.9. The third-order valence-electron chi connectivity index (χ3n) is 2.33. The summed E-state index contributed by atoms with van der Waals surface area (Å²) in [6, 6.07) is 0. The zero-order valence-corrected chi connectivity index (χ0v) is 16.2. The molecule has 0 aliphatic heterocycles. The van der Waals surface area contributed by atoms with Gasteiger partial charge >= 0.3 is 8.72 Å². The normalized spacial score (nSPS) is 14.5. The van der Waals surface area contributed by atoms with Gasteiger partial charge < -0.3 is 8.23 Å². The van der Waals surface area contributed by atoms with E-state index in [1.54, 1.807) is 0 Å². The van der Waals surface area contributed by atoms with Gasteiger partial charge in [-0.2, -0.15) is 0 Å². The van der Waals surface area contributed by atoms with E-state index in [9.17, 15) is 0 Å². The average Bonchev–Trinajstić information content (AvgIpc) is 1.97. The minimum Gasteiger partial charge on any atom is -0.425 e. The molecule has 0 saturated heterocycles. The Kier molecular flexibility index (Phi) is 6.31. The van der Waals surface area contributed by atoms with Crippen LogP contribution in [-0.2, 0) is 8.23 Å². The van der Waals surface area contributed by atoms with E-state index in [1.165, 1.54) is 0 Å². The van der Waals surface area contributed by atoms with Gasteiger partial charge in [0.05, 0.1) is 0 Å². The second-order valence-corrected chi connectivity index (χ2v) is 19.0. The predicted octanol–water partition coefficient (Wildman–Crippen LogP) is 3.60. The van der Waals surface area contributed by atoms with Crippen LogP contribution in [0, 0.1) is 0 Å². The van der Waals surface area contributed by atoms with Gasteiger partial charge in [0, 0.05) is 0 Å². The minimum atomic E-state index is -2.19. The van der Waals surface area contributed by atoms with E-state index in [0.29, 0.717) is 0 Å². The van der Waals surface area contributed by atoms with Crippen LogP contribution in [0.5, 0.6) is 0 Å². The molecule has 0 unspecified atom stereocenters. The number of nitrogens with zero attached hydrogens (tertiary/aromatic N) is 1. The summed E-state index contributed by atoms with van der Waals surface area (Å²) in [7, 11) is -5.33. The summed E-state index contributed by atoms with van der Waals surface area (Å²) in [5.41, 5.74) is 0. The molecule has 0 spiro atoms. The Morgan fingerprint density at radius 2 is 1.00 bits per heavy atom. The molecule has 0 rings (SSSR count). The second kappa shape index (κ2) is 6.12. The Morgan fingerprint density at radius 1 is 0.706 bits per heavy atom. The Labute approximate surface area is 111 Å². The first-order valence-corrected chi connectivity index (χ1v) is 15.7. The first-order chi connectivity index (χ1) is 7.43. The summed E-state index contributed by atoms with van der Waals surface area (Å²) in [5, 5.41) is 0. The third kappa shape index (κ3) is 6.88. The van der Waals surface area contributed by atoms with E-state index in [1.807, 2.05) is 0 Å². The number of hydrogen-bond acceptors (Lipinski definition) is 3. The van der Waals surface area contributed by atoms with Crippen molar-refractivity contribution in [2.45, 2.75) is 59.7 Å². The van der Waals surface area contributed by atoms with Crippen molar-refractivity contribution in [3.8, 4) is 0 Å². The monoisotopic (exact) mass is 293 g/mol. The lowest BCUT2D eigenvalue weighted by Crippen LogP contribution is -2.63. The summed E-state index contributed by atoms with van der Waals surface area (Å²) >= 11 is 0. The van der Waals surface area contributed by atoms with E-state index >= 15 is 0 Å². The molecule has 0 bridgehead atoms. The van der Waals surface area contributed by atoms with E-state index < -0.39 is 25.4 Å². The molecule has 0 aromatic rings. The molecular formula is C11H31NO2Si3. The lowest BCUT2D eigenvalue weighted by atomic mass is 10.7. The van der Waals surface area contributed by atoms with E-state index in [0.717, 1.165) is 13.1 Å². The summed E-state index contributed by atoms with van der Waals surface area (Å²) in [5.74, 6) is 0. The molecule has 0 atom stereocenters. The van der Waals surface area contributed by atoms with E-state index in [4.69, 9.17) is 8.23 Å². The largest absolute Gasteiger partial charge is 0.425 e. The average molecular weight is 294 g/mol. The van der Waals surface area contributed by atoms with Gasteiger partial charge in [-0.25, -0.2) is 0 Å². The fourth-order valence-corrected chi connectivity index (χ4v) is 13.9. The molecule has 0 saturated carbocycles. The molecule has 0 radical (unpaired) electrons. The van der Waals surface area contributed by atoms with Gasteiger partial charge in [0.1, 0.15) is 0 Å². The molecule has 0 amide bonds. The highest BCUT2D eigenvalue weighted by Gasteiger charge is 2.44. The highest BCUT2D eigenvalue weighted by Crippen LogP contribution is 2.23. The van der Waals surface area contributed by atoms with Crippen molar-refractivity contribution in [3.63, 3.8) is 0 Å². The maximum Gasteiger partial charge on any atom is 0.403 e. The summed E-state index contributed by atoms with van der Waals surface area (Å²) < 4.78 is 15.3. The Morgan fingerprint density at radius 3 is 1.18 bits per heavy atom. The third-order valence-corrected chi connectivity index (χ3v) is 12.0. The van der Waals surface area contributed by atoms with Crippen LogP contribution in [0.1, 0.15) is 13.8 Å². The van der Waals surface area contributed by atoms with Crippen LogP contribution in [0.2, 0.25) is 45.8 Å². The van der Waals surface area contributed by atoms with Crippen LogP contribution < -0.4 is 0 Å². The van der Waals surface area contributed by atoms with Crippen molar-refractivity contribution in [2.75, 3.05) is 13.1 Å². The summed E-state index contributed by atoms with van der Waals surface area (Å²) in [6.45, 7) is 22.1. The SMILES string of the molecule is CCN(CC)[Si](C)(O[Si](C)(C)C)O[Si](C)(C)C. The van der Waals surface area contributed by atoms with Crippen molar-refractivity contribution < 1.29 is 8.23 Å². The first-order valence-electron chi connectivity index (χ1n) is 6.59. The topological polar surface area (TPSA) is 21.7 Å². The molecule has 17 heavy (non-hydrogen) atoms. The standard InChI is InChI=1S/C11H31NO2Si3/c1-10-12(11-2)17(9,13-15(3,4)5)14-16(6,7)8/h10-11H2,1-9H3. The van der Waals surface area contributed by atoms with Crippen molar-refractivity contribution in [1.29, 1.82) is 0 Å². The van der Waals surface area contributed by atoms with E-state index in [-0.39, 0.29) is 0 Å². The van der Waals surface area contributed by atoms with Gasteiger partial charge in [0.2, 0.25) is 0 Å². The first kappa shape index (κ1) is 17.5. The molecule has 6 heteroatoms. The van der Waals surface area contributed by atoms with Gasteiger partial charge in [-0.1, -0.05) is 13.8 Å². The van der Waals surface area contributed by atoms with Crippen molar-refractivity contribution >= 4 is 25.4 Å². The quantitative estimate of drug-likeness (QED) is 0.670. The zero-order valence-electron chi connectivity index (χ0n) is 13.2. The molecule has 0 N–H and O–H groups in total. The van der Waals surface area contributed by atoms with Crippen LogP contribution in [-0.4, -0.2) is 43.0 Å². The molecule has 3 nitrogen and oxygen atoms in total. The lowest BCUT2D eigenvalue weighted by Gasteiger charge is -2.44. The number of hydrogen-bond donors (Lipinski definition) is 0. The Hall–Kier alpha value is 0.531. The molecule has 104 valence electrons. The molecule has 0 aromatic heterocycles. The minimum absolute atomic E-state index is 1.01. The molecule has 0 heterocycles. The van der Waals surface area contributed by atoms with Crippen molar-refractivity contribution in [3.05, 3.63) is 0 Å². The molecule has 0 aliphatic rings. The highest BCUT2D eigenvalue weighted by molar-refractivity contribution is 6.86.